The summed E-state index contributed by atoms with van der Waals surface area (Å²) in [5.74, 6) is 0.0248. The van der Waals surface area contributed by atoms with E-state index in [2.05, 4.69) is 18.2 Å². The zero-order valence-corrected chi connectivity index (χ0v) is 13.3. The molecule has 2 aromatic carbocycles. The Hall–Kier alpha value is -2.33. The zero-order chi connectivity index (χ0) is 16.7. The fourth-order valence-electron chi connectivity index (χ4n) is 2.18. The highest BCUT2D eigenvalue weighted by Crippen LogP contribution is 2.28. The topological polar surface area (TPSA) is 66.8 Å². The maximum Gasteiger partial charge on any atom is 0.300 e. The molecule has 2 rings (SSSR count). The minimum atomic E-state index is -0.833. The summed E-state index contributed by atoms with van der Waals surface area (Å²) in [4.78, 5) is 9.00. The van der Waals surface area contributed by atoms with Crippen molar-refractivity contribution in [3.05, 3.63) is 48.0 Å². The molecule has 1 unspecified atom stereocenters. The molecule has 0 aliphatic heterocycles. The summed E-state index contributed by atoms with van der Waals surface area (Å²) in [6, 6.07) is 12.2. The molecule has 0 saturated heterocycles. The molecule has 1 atom stereocenters. The molecule has 0 heterocycles. The number of hydrogen-bond acceptors (Lipinski definition) is 3. The third kappa shape index (κ3) is 5.22. The molecule has 0 radical (unpaired) electrons. The average molecular weight is 302 g/mol. The number of ether oxygens (including phenoxy) is 1. The number of aliphatic hydroxyl groups is 1. The highest BCUT2D eigenvalue weighted by atomic mass is 16.5. The van der Waals surface area contributed by atoms with Gasteiger partial charge >= 0.3 is 0 Å². The summed E-state index contributed by atoms with van der Waals surface area (Å²) < 4.78 is 5.23. The summed E-state index contributed by atoms with van der Waals surface area (Å²) in [7, 11) is 1.67. The van der Waals surface area contributed by atoms with Gasteiger partial charge < -0.3 is 14.9 Å². The van der Waals surface area contributed by atoms with Gasteiger partial charge in [0.25, 0.3) is 5.97 Å². The maximum atomic E-state index is 9.44. The van der Waals surface area contributed by atoms with Crippen LogP contribution in [0.15, 0.2) is 42.5 Å². The van der Waals surface area contributed by atoms with Gasteiger partial charge in [-0.15, -0.1) is 0 Å². The number of carbonyl (C=O) groups is 1. The van der Waals surface area contributed by atoms with Crippen molar-refractivity contribution >= 4 is 22.3 Å². The van der Waals surface area contributed by atoms with Crippen LogP contribution in [0.3, 0.4) is 0 Å². The van der Waals surface area contributed by atoms with Gasteiger partial charge in [0, 0.05) is 6.92 Å². The van der Waals surface area contributed by atoms with Gasteiger partial charge in [-0.05, 0) is 47.9 Å². The van der Waals surface area contributed by atoms with E-state index in [-0.39, 0.29) is 0 Å². The number of carboxylic acid groups (broad SMARTS) is 1. The van der Waals surface area contributed by atoms with Crippen LogP contribution in [0.5, 0.6) is 5.75 Å². The van der Waals surface area contributed by atoms with Gasteiger partial charge in [-0.3, -0.25) is 4.79 Å². The number of aliphatic carboxylic acids is 1. The first kappa shape index (κ1) is 17.7. The molecule has 4 heteroatoms. The number of benzene rings is 2. The van der Waals surface area contributed by atoms with E-state index in [1.165, 1.54) is 5.39 Å². The van der Waals surface area contributed by atoms with E-state index in [0.717, 1.165) is 29.2 Å². The minimum absolute atomic E-state index is 0.432. The first-order valence-corrected chi connectivity index (χ1v) is 6.98. The molecule has 2 N–H and O–H groups in total. The van der Waals surface area contributed by atoms with E-state index < -0.39 is 12.1 Å². The predicted octanol–water partition coefficient (Wildman–Crippen LogP) is 3.72. The Balaban J connectivity index is 0.000000541. The molecule has 4 nitrogen and oxygen atoms in total. The third-order valence-corrected chi connectivity index (χ3v) is 3.00. The van der Waals surface area contributed by atoms with Crippen LogP contribution >= 0.6 is 0 Å². The Morgan fingerprint density at radius 1 is 1.23 bits per heavy atom. The number of hydrogen-bond donors (Lipinski definition) is 2. The fraction of sp³-hybridized carbons (Fsp3) is 0.278. The molecular weight excluding hydrogens is 280 g/mol. The molecule has 118 valence electrons. The van der Waals surface area contributed by atoms with Crippen molar-refractivity contribution in [3.63, 3.8) is 0 Å². The summed E-state index contributed by atoms with van der Waals surface area (Å²) in [5.41, 5.74) is 2.23. The molecule has 0 aliphatic carbocycles. The number of rotatable bonds is 3. The van der Waals surface area contributed by atoms with Crippen LogP contribution in [0, 0.1) is 0 Å². The zero-order valence-electron chi connectivity index (χ0n) is 13.3. The fourth-order valence-corrected chi connectivity index (χ4v) is 2.18. The molecular formula is C18H22O4. The predicted molar refractivity (Wildman–Crippen MR) is 89.1 cm³/mol. The molecule has 0 aromatic heterocycles. The summed E-state index contributed by atoms with van der Waals surface area (Å²) in [6.07, 6.45) is 1.43. The first-order chi connectivity index (χ1) is 10.3. The minimum Gasteiger partial charge on any atom is -0.497 e. The number of carboxylic acids is 1. The molecule has 0 amide bonds. The van der Waals surface area contributed by atoms with Gasteiger partial charge in [0.2, 0.25) is 0 Å². The quantitative estimate of drug-likeness (QED) is 0.906. The maximum absolute atomic E-state index is 9.44. The van der Waals surface area contributed by atoms with Crippen LogP contribution in [-0.4, -0.2) is 29.4 Å². The monoisotopic (exact) mass is 302 g/mol. The Labute approximate surface area is 130 Å². The normalized spacial score (nSPS) is 12.3. The van der Waals surface area contributed by atoms with Crippen LogP contribution in [0.4, 0.5) is 0 Å². The van der Waals surface area contributed by atoms with E-state index in [0.29, 0.717) is 0 Å². The highest BCUT2D eigenvalue weighted by Gasteiger charge is 2.04. The number of allylic oxidation sites excluding steroid dienone is 1. The van der Waals surface area contributed by atoms with Crippen molar-refractivity contribution in [2.45, 2.75) is 26.9 Å². The van der Waals surface area contributed by atoms with Gasteiger partial charge in [0.05, 0.1) is 13.2 Å². The van der Waals surface area contributed by atoms with Gasteiger partial charge in [0.15, 0.2) is 0 Å². The van der Waals surface area contributed by atoms with E-state index in [4.69, 9.17) is 14.6 Å². The lowest BCUT2D eigenvalue weighted by atomic mass is 9.98. The summed E-state index contributed by atoms with van der Waals surface area (Å²) >= 11 is 0. The van der Waals surface area contributed by atoms with Crippen molar-refractivity contribution < 1.29 is 19.7 Å². The Morgan fingerprint density at radius 3 is 2.41 bits per heavy atom. The third-order valence-electron chi connectivity index (χ3n) is 3.00. The van der Waals surface area contributed by atoms with Crippen LogP contribution in [0.25, 0.3) is 16.3 Å². The molecule has 0 saturated carbocycles. The van der Waals surface area contributed by atoms with Gasteiger partial charge in [-0.2, -0.15) is 0 Å². The van der Waals surface area contributed by atoms with Crippen molar-refractivity contribution in [1.29, 1.82) is 0 Å². The average Bonchev–Trinajstić information content (AvgIpc) is 2.44. The van der Waals surface area contributed by atoms with E-state index >= 15 is 0 Å². The van der Waals surface area contributed by atoms with Crippen LogP contribution < -0.4 is 4.74 Å². The number of fused-ring (bicyclic) bond motifs is 1. The smallest absolute Gasteiger partial charge is 0.300 e. The second kappa shape index (κ2) is 8.20. The number of methoxy groups -OCH3 is 1. The van der Waals surface area contributed by atoms with Crippen LogP contribution in [-0.2, 0) is 4.79 Å². The van der Waals surface area contributed by atoms with Crippen molar-refractivity contribution in [1.82, 2.24) is 0 Å². The second-order valence-electron chi connectivity index (χ2n) is 5.00. The standard InChI is InChI=1S/C16H18O2.C2H4O2/c1-11(9-12(2)17)15-6-4-5-13-10-14(18-3)7-8-16(13)15;1-2(3)4/h4-10,12,17H,1-3H3;1H3,(H,3,4). The largest absolute Gasteiger partial charge is 0.497 e. The Morgan fingerprint density at radius 2 is 1.86 bits per heavy atom. The molecule has 0 spiro atoms. The Kier molecular flexibility index (Phi) is 6.60. The van der Waals surface area contributed by atoms with Crippen molar-refractivity contribution in [2.75, 3.05) is 7.11 Å². The lowest BCUT2D eigenvalue weighted by molar-refractivity contribution is -0.134. The molecule has 22 heavy (non-hydrogen) atoms. The molecule has 2 aromatic rings. The van der Waals surface area contributed by atoms with E-state index in [9.17, 15) is 5.11 Å². The van der Waals surface area contributed by atoms with Crippen molar-refractivity contribution in [2.24, 2.45) is 0 Å². The SMILES string of the molecule is CC(=O)O.COc1ccc2c(C(C)=CC(C)O)cccc2c1. The van der Waals surface area contributed by atoms with Gasteiger partial charge in [-0.1, -0.05) is 30.3 Å². The first-order valence-electron chi connectivity index (χ1n) is 6.98. The lowest BCUT2D eigenvalue weighted by Gasteiger charge is -2.09. The Bertz CT molecular complexity index is 668. The van der Waals surface area contributed by atoms with Gasteiger partial charge in [0.1, 0.15) is 5.75 Å². The highest BCUT2D eigenvalue weighted by molar-refractivity contribution is 5.94. The molecule has 0 fully saturated rings. The number of aliphatic hydroxyl groups excluding tert-OH is 1. The van der Waals surface area contributed by atoms with E-state index in [1.54, 1.807) is 14.0 Å². The molecule has 0 aliphatic rings. The van der Waals surface area contributed by atoms with Gasteiger partial charge in [-0.25, -0.2) is 0 Å². The van der Waals surface area contributed by atoms with Crippen LogP contribution in [0.1, 0.15) is 26.3 Å². The second-order valence-corrected chi connectivity index (χ2v) is 5.00. The van der Waals surface area contributed by atoms with Crippen LogP contribution in [0.2, 0.25) is 0 Å². The van der Waals surface area contributed by atoms with E-state index in [1.807, 2.05) is 31.2 Å². The summed E-state index contributed by atoms with van der Waals surface area (Å²) in [5, 5.41) is 19.2. The van der Waals surface area contributed by atoms with Crippen molar-refractivity contribution in [3.8, 4) is 5.75 Å². The lowest BCUT2D eigenvalue weighted by Crippen LogP contribution is -1.95. The summed E-state index contributed by atoms with van der Waals surface area (Å²) in [6.45, 7) is 4.86. The molecule has 0 bridgehead atoms.